The Balaban J connectivity index is 0.000000591. The molecule has 8 rings (SSSR count). The fourth-order valence-electron chi connectivity index (χ4n) is 8.15. The van der Waals surface area contributed by atoms with E-state index in [2.05, 4.69) is 65.0 Å². The number of hydroxylamine groups is 3. The normalized spacial score (nSPS) is 16.6. The Morgan fingerprint density at radius 1 is 0.701 bits per heavy atom. The Labute approximate surface area is 600 Å². The molecule has 2 amide bonds. The van der Waals surface area contributed by atoms with E-state index >= 15 is 0 Å². The number of carbonyl (C=O) groups is 2. The quantitative estimate of drug-likeness (QED) is 0.0206. The van der Waals surface area contributed by atoms with Gasteiger partial charge in [0.05, 0.1) is 56.8 Å². The third-order valence-corrected chi connectivity index (χ3v) is 15.3. The minimum absolute atomic E-state index is 0. The Kier molecular flexibility index (Phi) is 40.1. The van der Waals surface area contributed by atoms with Gasteiger partial charge in [0.15, 0.2) is 32.9 Å². The van der Waals surface area contributed by atoms with Crippen molar-refractivity contribution >= 4 is 91.5 Å². The number of halogens is 9. The van der Waals surface area contributed by atoms with Gasteiger partial charge in [-0.05, 0) is 176 Å². The van der Waals surface area contributed by atoms with Crippen LogP contribution >= 0.6 is 66.7 Å². The molecule has 33 heteroatoms. The number of quaternary nitrogens is 1. The number of amides is 2. The van der Waals surface area contributed by atoms with Crippen LogP contribution in [0, 0.1) is 28.5 Å². The van der Waals surface area contributed by atoms with Crippen molar-refractivity contribution in [1.82, 2.24) is 29.7 Å². The molecule has 4 aromatic rings. The zero-order valence-electron chi connectivity index (χ0n) is 56.3. The summed E-state index contributed by atoms with van der Waals surface area (Å²) in [5.74, 6) is -2.08. The molecule has 8 heterocycles. The van der Waals surface area contributed by atoms with Crippen molar-refractivity contribution in [1.29, 1.82) is 0 Å². The van der Waals surface area contributed by atoms with E-state index in [0.29, 0.717) is 54.6 Å². The zero-order valence-corrected chi connectivity index (χ0v) is 64.2. The van der Waals surface area contributed by atoms with Crippen LogP contribution in [-0.4, -0.2) is 174 Å². The molecule has 97 heavy (non-hydrogen) atoms. The van der Waals surface area contributed by atoms with Crippen molar-refractivity contribution in [2.45, 2.75) is 155 Å². The van der Waals surface area contributed by atoms with Gasteiger partial charge in [0.2, 0.25) is 0 Å². The van der Waals surface area contributed by atoms with Crippen LogP contribution in [0.25, 0.3) is 5.57 Å². The standard InChI is InChI=1S/C18H25FN2O4.C16H28BNO4.C8H9ClFNO2.C8H7ClFN.C6H13NO.C5H2BrClFN.C3H5Br.4O.Os/c1-18(2,3)25-17(24)21-6-4-13(5-7-21)16-15(19)9-12(10-20-16)8-14(23)11-22;1-14(2,3)20-13(19)18-10-8-12(9-11-18)17-21-15(4,5)16(6,7)22-17;9-8-7(10)2-5(3-11-8)1-6(13)4-12;1-2-3-6-4-7(10)8(9)11-5-6;1-7(8)5-3-2-4-6-7;6-3-1-4(8)5(7)9-2-3;1-2-3-4;;;;;/h4,9-10,14,22-23H,5-8,11H2,1-3H3;8H,9-11H2,1-7H3;2-3,6,12-13H,1,4H2;2,4-5H,1,3H2;2-6H2,1H3;1-2H;2H,1,3H2;;;;;. The van der Waals surface area contributed by atoms with Gasteiger partial charge in [-0.25, -0.2) is 42.1 Å². The van der Waals surface area contributed by atoms with E-state index in [1.54, 1.807) is 35.1 Å². The van der Waals surface area contributed by atoms with Crippen molar-refractivity contribution in [3.8, 4) is 0 Å². The summed E-state index contributed by atoms with van der Waals surface area (Å²) in [5, 5.41) is 47.4. The van der Waals surface area contributed by atoms with Gasteiger partial charge >= 0.3 is 48.3 Å². The maximum absolute atomic E-state index is 14.3. The first-order valence-electron chi connectivity index (χ1n) is 30.2. The summed E-state index contributed by atoms with van der Waals surface area (Å²) in [6.45, 7) is 29.1. The topological polar surface area (TPSA) is 301 Å². The summed E-state index contributed by atoms with van der Waals surface area (Å²) < 4.78 is 110. The number of likely N-dealkylation sites (tertiary alicyclic amines) is 1. The van der Waals surface area contributed by atoms with Crippen molar-refractivity contribution in [3.63, 3.8) is 0 Å². The van der Waals surface area contributed by atoms with Crippen molar-refractivity contribution in [3.05, 3.63) is 163 Å². The number of aliphatic hydroxyl groups excluding tert-OH is 4. The number of carbonyl (C=O) groups excluding carboxylic acids is 2. The molecule has 2 saturated heterocycles. The fraction of sp³-hybridized carbons (Fsp3) is 0.531. The minimum atomic E-state index is -6.06. The molecule has 544 valence electrons. The number of aromatic nitrogens is 4. The summed E-state index contributed by atoms with van der Waals surface area (Å²) in [6, 6.07) is 5.13. The van der Waals surface area contributed by atoms with E-state index in [4.69, 9.17) is 83.1 Å². The number of ether oxygens (including phenoxy) is 2. The van der Waals surface area contributed by atoms with Gasteiger partial charge in [0.1, 0.15) is 22.7 Å². The van der Waals surface area contributed by atoms with Crippen LogP contribution in [0.1, 0.15) is 124 Å². The number of alkyl halides is 1. The van der Waals surface area contributed by atoms with Crippen molar-refractivity contribution in [2.24, 2.45) is 0 Å². The summed E-state index contributed by atoms with van der Waals surface area (Å²) in [7, 11) is 1.45. The number of nitrogens with zero attached hydrogens (tertiary/aromatic N) is 7. The van der Waals surface area contributed by atoms with Gasteiger partial charge in [-0.15, -0.1) is 13.2 Å². The molecule has 0 aromatic carbocycles. The monoisotopic (exact) mass is 1740 g/mol. The van der Waals surface area contributed by atoms with Crippen LogP contribution in [0.5, 0.6) is 0 Å². The predicted molar refractivity (Wildman–Crippen MR) is 364 cm³/mol. The van der Waals surface area contributed by atoms with Crippen molar-refractivity contribution in [2.75, 3.05) is 64.9 Å². The third-order valence-electron chi connectivity index (χ3n) is 13.6. The third kappa shape index (κ3) is 38.0. The molecule has 2 unspecified atom stereocenters. The second-order valence-electron chi connectivity index (χ2n) is 25.0. The van der Waals surface area contributed by atoms with Crippen LogP contribution in [0.15, 0.2) is 96.5 Å². The Bertz CT molecular complexity index is 3450. The molecule has 4 aliphatic rings. The first kappa shape index (κ1) is 90.2. The van der Waals surface area contributed by atoms with E-state index in [-0.39, 0.29) is 82.4 Å². The van der Waals surface area contributed by atoms with E-state index < -0.39 is 61.5 Å². The molecule has 0 bridgehead atoms. The van der Waals surface area contributed by atoms with Crippen LogP contribution in [-0.2, 0) is 67.0 Å². The molecule has 4 aliphatic heterocycles. The summed E-state index contributed by atoms with van der Waals surface area (Å²) in [6.07, 6.45) is 16.3. The number of aliphatic hydroxyl groups is 4. The van der Waals surface area contributed by atoms with Crippen molar-refractivity contribution < 1.29 is 100 Å². The molecule has 0 spiro atoms. The van der Waals surface area contributed by atoms with Crippen LogP contribution in [0.3, 0.4) is 0 Å². The average Bonchev–Trinajstić information content (AvgIpc) is 1.65. The number of hydrogen-bond donors (Lipinski definition) is 4. The van der Waals surface area contributed by atoms with E-state index in [1.807, 2.05) is 75.3 Å². The number of hydrogen-bond acceptors (Lipinski definition) is 19. The molecule has 0 aliphatic carbocycles. The van der Waals surface area contributed by atoms with Crippen LogP contribution in [0.2, 0.25) is 15.5 Å². The molecule has 0 saturated carbocycles. The number of rotatable bonds is 11. The average molecular weight is 1740 g/mol. The van der Waals surface area contributed by atoms with Gasteiger partial charge in [-0.2, -0.15) is 0 Å². The Morgan fingerprint density at radius 2 is 1.09 bits per heavy atom. The zero-order chi connectivity index (χ0) is 74.3. The maximum atomic E-state index is 14.3. The molecule has 2 fully saturated rings. The Hall–Kier alpha value is -4.77. The number of allylic oxidation sites excluding steroid dienone is 2. The van der Waals surface area contributed by atoms with Gasteiger partial charge < -0.3 is 58.9 Å². The predicted octanol–water partition coefficient (Wildman–Crippen LogP) is 13.5. The van der Waals surface area contributed by atoms with E-state index in [9.17, 15) is 37.5 Å². The molecule has 2 atom stereocenters. The number of piperidine rings is 1. The van der Waals surface area contributed by atoms with Gasteiger partial charge in [-0.1, -0.05) is 75.0 Å². The summed E-state index contributed by atoms with van der Waals surface area (Å²) >= 11 is 16.1. The van der Waals surface area contributed by atoms with E-state index in [1.165, 1.54) is 55.5 Å². The molecule has 4 N–H and O–H groups in total. The number of pyridine rings is 4. The SMILES string of the molecule is C=CCBr.C=CCc1cnc(Cl)c(F)c1.CC(C)(C)OC(=O)N1CC=C(B2OC(C)(C)C(C)(C)O2)CC1.CC(C)(C)OC(=O)N1CC=C(c2ncc(CC(O)CO)cc2F)CC1.C[N+]1([O-])CCCCC1.Fc1cc(Br)cnc1Cl.OCC(O)Cc1cnc(Cl)c(F)c1.[O]=[Os](=[O])(=[O])=[O]. The summed E-state index contributed by atoms with van der Waals surface area (Å²) in [5.41, 5.74) is 2.23. The second kappa shape index (κ2) is 43.1. The molecule has 0 radical (unpaired) electrons. The van der Waals surface area contributed by atoms with Gasteiger partial charge in [-0.3, -0.25) is 4.98 Å². The summed E-state index contributed by atoms with van der Waals surface area (Å²) in [4.78, 5) is 42.2. The Morgan fingerprint density at radius 3 is 1.42 bits per heavy atom. The van der Waals surface area contributed by atoms with Crippen LogP contribution < -0.4 is 0 Å². The first-order chi connectivity index (χ1) is 44.8. The second-order valence-corrected chi connectivity index (χ2v) is 30.1. The van der Waals surface area contributed by atoms with Crippen LogP contribution in [0.4, 0.5) is 27.2 Å². The molecular formula is C64H89BBr2Cl3F4N7O15Os. The fourth-order valence-corrected chi connectivity index (χ4v) is 8.76. The van der Waals surface area contributed by atoms with E-state index in [0.717, 1.165) is 54.3 Å². The van der Waals surface area contributed by atoms with Gasteiger partial charge in [0.25, 0.3) is 0 Å². The first-order valence-corrected chi connectivity index (χ1v) is 37.4. The molecule has 4 aromatic heterocycles. The molecular weight excluding hydrogens is 1650 g/mol. The van der Waals surface area contributed by atoms with Gasteiger partial charge in [0, 0.05) is 73.6 Å². The molecule has 22 nitrogen and oxygen atoms in total.